The van der Waals surface area contributed by atoms with E-state index >= 15 is 0 Å². The van der Waals surface area contributed by atoms with Crippen molar-refractivity contribution in [2.24, 2.45) is 0 Å². The molecule has 1 saturated heterocycles. The highest BCUT2D eigenvalue weighted by atomic mass is 16.5. The third-order valence-corrected chi connectivity index (χ3v) is 3.90. The van der Waals surface area contributed by atoms with Gasteiger partial charge >= 0.3 is 0 Å². The standard InChI is InChI=1S/C17H27NO2/c1-3-6-14-8-9-16(17(13-14)19-2)20-12-10-15-7-4-5-11-18-15/h8-9,13,15,18H,3-7,10-12H2,1-2H3. The van der Waals surface area contributed by atoms with E-state index in [1.807, 2.05) is 6.07 Å². The highest BCUT2D eigenvalue weighted by Gasteiger charge is 2.13. The first-order valence-corrected chi connectivity index (χ1v) is 7.86. The molecule has 1 fully saturated rings. The smallest absolute Gasteiger partial charge is 0.161 e. The van der Waals surface area contributed by atoms with E-state index in [1.54, 1.807) is 7.11 Å². The zero-order valence-electron chi connectivity index (χ0n) is 12.8. The van der Waals surface area contributed by atoms with Crippen LogP contribution >= 0.6 is 0 Å². The van der Waals surface area contributed by atoms with Crippen molar-refractivity contribution in [1.29, 1.82) is 0 Å². The van der Waals surface area contributed by atoms with Crippen LogP contribution in [0.1, 0.15) is 44.6 Å². The van der Waals surface area contributed by atoms with E-state index in [-0.39, 0.29) is 0 Å². The summed E-state index contributed by atoms with van der Waals surface area (Å²) in [6.45, 7) is 4.09. The molecular weight excluding hydrogens is 250 g/mol. The molecule has 1 aliphatic heterocycles. The third kappa shape index (κ3) is 4.41. The molecule has 20 heavy (non-hydrogen) atoms. The largest absolute Gasteiger partial charge is 0.493 e. The van der Waals surface area contributed by atoms with E-state index in [2.05, 4.69) is 24.4 Å². The zero-order valence-corrected chi connectivity index (χ0v) is 12.8. The van der Waals surface area contributed by atoms with E-state index < -0.39 is 0 Å². The Bertz CT molecular complexity index is 400. The van der Waals surface area contributed by atoms with Crippen molar-refractivity contribution in [3.8, 4) is 11.5 Å². The van der Waals surface area contributed by atoms with Gasteiger partial charge in [-0.15, -0.1) is 0 Å². The minimum atomic E-state index is 0.620. The second-order valence-electron chi connectivity index (χ2n) is 5.52. The van der Waals surface area contributed by atoms with E-state index in [4.69, 9.17) is 9.47 Å². The second kappa shape index (κ2) is 8.15. The van der Waals surface area contributed by atoms with Gasteiger partial charge in [-0.1, -0.05) is 25.8 Å². The van der Waals surface area contributed by atoms with Gasteiger partial charge in [0.15, 0.2) is 11.5 Å². The number of ether oxygens (including phenoxy) is 2. The molecule has 3 nitrogen and oxygen atoms in total. The van der Waals surface area contributed by atoms with Crippen LogP contribution in [0.2, 0.25) is 0 Å². The molecule has 0 bridgehead atoms. The second-order valence-corrected chi connectivity index (χ2v) is 5.52. The molecule has 0 saturated carbocycles. The minimum Gasteiger partial charge on any atom is -0.493 e. The quantitative estimate of drug-likeness (QED) is 0.826. The Morgan fingerprint density at radius 2 is 2.15 bits per heavy atom. The maximum absolute atomic E-state index is 5.90. The van der Waals surface area contributed by atoms with Crippen LogP contribution in [0.5, 0.6) is 11.5 Å². The number of aryl methyl sites for hydroxylation is 1. The number of hydrogen-bond acceptors (Lipinski definition) is 3. The first kappa shape index (κ1) is 15.2. The Morgan fingerprint density at radius 3 is 2.85 bits per heavy atom. The van der Waals surface area contributed by atoms with E-state index in [9.17, 15) is 0 Å². The van der Waals surface area contributed by atoms with Crippen LogP contribution in [-0.4, -0.2) is 26.3 Å². The number of hydrogen-bond donors (Lipinski definition) is 1. The van der Waals surface area contributed by atoms with Crippen LogP contribution in [0, 0.1) is 0 Å². The van der Waals surface area contributed by atoms with Gasteiger partial charge in [-0.05, 0) is 49.9 Å². The number of rotatable bonds is 7. The van der Waals surface area contributed by atoms with Crippen LogP contribution in [0.4, 0.5) is 0 Å². The topological polar surface area (TPSA) is 30.5 Å². The van der Waals surface area contributed by atoms with E-state index in [0.29, 0.717) is 6.04 Å². The number of benzene rings is 1. The molecule has 1 heterocycles. The molecule has 0 aromatic heterocycles. The Kier molecular flexibility index (Phi) is 6.19. The van der Waals surface area contributed by atoms with Crippen molar-refractivity contribution in [3.05, 3.63) is 23.8 Å². The first-order chi connectivity index (χ1) is 9.83. The summed E-state index contributed by atoms with van der Waals surface area (Å²) < 4.78 is 11.3. The molecule has 0 amide bonds. The zero-order chi connectivity index (χ0) is 14.2. The summed E-state index contributed by atoms with van der Waals surface area (Å²) in [5, 5.41) is 3.55. The first-order valence-electron chi connectivity index (χ1n) is 7.86. The predicted molar refractivity (Wildman–Crippen MR) is 82.7 cm³/mol. The lowest BCUT2D eigenvalue weighted by atomic mass is 10.0. The van der Waals surface area contributed by atoms with Crippen molar-refractivity contribution in [1.82, 2.24) is 5.32 Å². The van der Waals surface area contributed by atoms with Crippen LogP contribution in [-0.2, 0) is 6.42 Å². The molecule has 1 atom stereocenters. The maximum atomic E-state index is 5.90. The predicted octanol–water partition coefficient (Wildman–Crippen LogP) is 3.56. The molecule has 0 radical (unpaired) electrons. The van der Waals surface area contributed by atoms with Crippen LogP contribution in [0.3, 0.4) is 0 Å². The minimum absolute atomic E-state index is 0.620. The molecule has 1 aromatic carbocycles. The van der Waals surface area contributed by atoms with Crippen LogP contribution in [0.25, 0.3) is 0 Å². The number of methoxy groups -OCH3 is 1. The molecule has 0 spiro atoms. The van der Waals surface area contributed by atoms with Gasteiger partial charge in [0.05, 0.1) is 13.7 Å². The highest BCUT2D eigenvalue weighted by molar-refractivity contribution is 5.43. The molecule has 1 aromatic rings. The average molecular weight is 277 g/mol. The molecule has 3 heteroatoms. The van der Waals surface area contributed by atoms with Gasteiger partial charge < -0.3 is 14.8 Å². The fraction of sp³-hybridized carbons (Fsp3) is 0.647. The Morgan fingerprint density at radius 1 is 1.25 bits per heavy atom. The van der Waals surface area contributed by atoms with Crippen molar-refractivity contribution in [3.63, 3.8) is 0 Å². The summed E-state index contributed by atoms with van der Waals surface area (Å²) in [6.07, 6.45) is 7.23. The monoisotopic (exact) mass is 277 g/mol. The summed E-state index contributed by atoms with van der Waals surface area (Å²) in [5.74, 6) is 1.72. The van der Waals surface area contributed by atoms with Crippen molar-refractivity contribution >= 4 is 0 Å². The van der Waals surface area contributed by atoms with Gasteiger partial charge in [-0.3, -0.25) is 0 Å². The fourth-order valence-corrected chi connectivity index (χ4v) is 2.76. The molecule has 2 rings (SSSR count). The lowest BCUT2D eigenvalue weighted by molar-refractivity contribution is 0.257. The normalized spacial score (nSPS) is 18.8. The molecule has 1 aliphatic rings. The molecule has 1 N–H and O–H groups in total. The van der Waals surface area contributed by atoms with Gasteiger partial charge in [0.1, 0.15) is 0 Å². The Hall–Kier alpha value is -1.22. The van der Waals surface area contributed by atoms with E-state index in [0.717, 1.165) is 43.9 Å². The van der Waals surface area contributed by atoms with Crippen LogP contribution < -0.4 is 14.8 Å². The third-order valence-electron chi connectivity index (χ3n) is 3.90. The van der Waals surface area contributed by atoms with Crippen molar-refractivity contribution in [2.45, 2.75) is 51.5 Å². The fourth-order valence-electron chi connectivity index (χ4n) is 2.76. The summed E-state index contributed by atoms with van der Waals surface area (Å²) in [6, 6.07) is 6.89. The van der Waals surface area contributed by atoms with Gasteiger partial charge in [0.2, 0.25) is 0 Å². The lowest BCUT2D eigenvalue weighted by Gasteiger charge is -2.23. The molecular formula is C17H27NO2. The Balaban J connectivity index is 1.84. The van der Waals surface area contributed by atoms with Crippen molar-refractivity contribution in [2.75, 3.05) is 20.3 Å². The van der Waals surface area contributed by atoms with Gasteiger partial charge in [0, 0.05) is 6.04 Å². The lowest BCUT2D eigenvalue weighted by Crippen LogP contribution is -2.35. The van der Waals surface area contributed by atoms with Crippen LogP contribution in [0.15, 0.2) is 18.2 Å². The van der Waals surface area contributed by atoms with Gasteiger partial charge in [-0.2, -0.15) is 0 Å². The highest BCUT2D eigenvalue weighted by Crippen LogP contribution is 2.28. The van der Waals surface area contributed by atoms with Gasteiger partial charge in [-0.25, -0.2) is 0 Å². The number of piperidine rings is 1. The molecule has 0 aliphatic carbocycles. The maximum Gasteiger partial charge on any atom is 0.161 e. The van der Waals surface area contributed by atoms with Crippen molar-refractivity contribution < 1.29 is 9.47 Å². The molecule has 1 unspecified atom stereocenters. The summed E-state index contributed by atoms with van der Waals surface area (Å²) in [7, 11) is 1.71. The van der Waals surface area contributed by atoms with E-state index in [1.165, 1.54) is 24.8 Å². The summed E-state index contributed by atoms with van der Waals surface area (Å²) in [4.78, 5) is 0. The molecule has 112 valence electrons. The average Bonchev–Trinajstić information content (AvgIpc) is 2.50. The SMILES string of the molecule is CCCc1ccc(OCCC2CCCCN2)c(OC)c1. The summed E-state index contributed by atoms with van der Waals surface area (Å²) in [5.41, 5.74) is 1.31. The Labute approximate surface area is 122 Å². The van der Waals surface area contributed by atoms with Gasteiger partial charge in [0.25, 0.3) is 0 Å². The summed E-state index contributed by atoms with van der Waals surface area (Å²) >= 11 is 0. The number of nitrogens with one attached hydrogen (secondary N) is 1.